The van der Waals surface area contributed by atoms with Crippen LogP contribution in [-0.4, -0.2) is 34.0 Å². The van der Waals surface area contributed by atoms with E-state index in [1.807, 2.05) is 6.92 Å². The van der Waals surface area contributed by atoms with Crippen LogP contribution < -0.4 is 11.1 Å². The van der Waals surface area contributed by atoms with Gasteiger partial charge in [-0.15, -0.1) is 11.8 Å². The maximum absolute atomic E-state index is 11.7. The zero-order chi connectivity index (χ0) is 10.6. The van der Waals surface area contributed by atoms with Gasteiger partial charge >= 0.3 is 0 Å². The van der Waals surface area contributed by atoms with Gasteiger partial charge in [-0.2, -0.15) is 0 Å². The number of hydrogen-bond donors (Lipinski definition) is 3. The maximum Gasteiger partial charge on any atom is 0.236 e. The zero-order valence-electron chi connectivity index (χ0n) is 8.12. The van der Waals surface area contributed by atoms with Crippen LogP contribution in [0.5, 0.6) is 0 Å². The number of carbonyl (C=O) groups is 1. The Morgan fingerprint density at radius 3 is 3.00 bits per heavy atom. The number of hydrogen-bond acceptors (Lipinski definition) is 4. The number of nitrogens with zero attached hydrogens (tertiary/aromatic N) is 1. The standard InChI is InChI=1S/C8H15N3O2S/c1-8(3-2-4-14-8)7(12)10-5-6(9)11-13/h13H,2-5H2,1H3,(H2,9,11)(H,10,12). The van der Waals surface area contributed by atoms with Gasteiger partial charge in [0.15, 0.2) is 5.84 Å². The monoisotopic (exact) mass is 217 g/mol. The lowest BCUT2D eigenvalue weighted by Crippen LogP contribution is -2.43. The first kappa shape index (κ1) is 11.2. The average molecular weight is 217 g/mol. The highest BCUT2D eigenvalue weighted by Crippen LogP contribution is 2.37. The predicted molar refractivity (Wildman–Crippen MR) is 56.5 cm³/mol. The highest BCUT2D eigenvalue weighted by Gasteiger charge is 2.36. The largest absolute Gasteiger partial charge is 0.409 e. The van der Waals surface area contributed by atoms with E-state index in [4.69, 9.17) is 10.9 Å². The topological polar surface area (TPSA) is 87.7 Å². The Balaban J connectivity index is 2.42. The first-order chi connectivity index (χ1) is 6.58. The predicted octanol–water partition coefficient (Wildman–Crippen LogP) is 0.135. The molecule has 1 rings (SSSR count). The molecular weight excluding hydrogens is 202 g/mol. The molecule has 0 radical (unpaired) electrons. The van der Waals surface area contributed by atoms with Gasteiger partial charge in [0.2, 0.25) is 5.91 Å². The molecular formula is C8H15N3O2S. The summed E-state index contributed by atoms with van der Waals surface area (Å²) in [5, 5.41) is 13.7. The van der Waals surface area contributed by atoms with E-state index >= 15 is 0 Å². The Bertz CT molecular complexity index is 249. The number of nitrogens with one attached hydrogen (secondary N) is 1. The van der Waals surface area contributed by atoms with Crippen LogP contribution in [0.3, 0.4) is 0 Å². The van der Waals surface area contributed by atoms with Gasteiger partial charge < -0.3 is 16.3 Å². The van der Waals surface area contributed by atoms with Crippen molar-refractivity contribution in [2.75, 3.05) is 12.3 Å². The van der Waals surface area contributed by atoms with E-state index in [1.54, 1.807) is 11.8 Å². The summed E-state index contributed by atoms with van der Waals surface area (Å²) >= 11 is 1.66. The third-order valence-electron chi connectivity index (χ3n) is 2.26. The van der Waals surface area contributed by atoms with E-state index in [0.717, 1.165) is 18.6 Å². The third-order valence-corrected chi connectivity index (χ3v) is 3.78. The Morgan fingerprint density at radius 2 is 2.50 bits per heavy atom. The molecule has 5 nitrogen and oxygen atoms in total. The van der Waals surface area contributed by atoms with Crippen LogP contribution in [0.2, 0.25) is 0 Å². The molecule has 4 N–H and O–H groups in total. The summed E-state index contributed by atoms with van der Waals surface area (Å²) in [5.41, 5.74) is 5.24. The number of rotatable bonds is 3. The van der Waals surface area contributed by atoms with E-state index in [1.165, 1.54) is 0 Å². The lowest BCUT2D eigenvalue weighted by molar-refractivity contribution is -0.122. The average Bonchev–Trinajstić information content (AvgIpc) is 2.62. The summed E-state index contributed by atoms with van der Waals surface area (Å²) in [6, 6.07) is 0. The van der Waals surface area contributed by atoms with Crippen LogP contribution in [0.15, 0.2) is 5.16 Å². The van der Waals surface area contributed by atoms with Crippen molar-refractivity contribution >= 4 is 23.5 Å². The lowest BCUT2D eigenvalue weighted by atomic mass is 10.1. The molecule has 6 heteroatoms. The zero-order valence-corrected chi connectivity index (χ0v) is 8.93. The number of carbonyl (C=O) groups excluding carboxylic acids is 1. The smallest absolute Gasteiger partial charge is 0.236 e. The van der Waals surface area contributed by atoms with Gasteiger partial charge in [-0.3, -0.25) is 4.79 Å². The molecule has 1 saturated heterocycles. The molecule has 80 valence electrons. The second-order valence-electron chi connectivity index (χ2n) is 3.46. The molecule has 0 bridgehead atoms. The van der Waals surface area contributed by atoms with E-state index in [0.29, 0.717) is 0 Å². The quantitative estimate of drug-likeness (QED) is 0.271. The van der Waals surface area contributed by atoms with Crippen molar-refractivity contribution in [1.29, 1.82) is 0 Å². The van der Waals surface area contributed by atoms with Crippen molar-refractivity contribution in [2.45, 2.75) is 24.5 Å². The van der Waals surface area contributed by atoms with Gasteiger partial charge in [-0.05, 0) is 25.5 Å². The normalized spacial score (nSPS) is 27.6. The minimum atomic E-state index is -0.338. The summed E-state index contributed by atoms with van der Waals surface area (Å²) in [5.74, 6) is 1.00. The molecule has 1 atom stereocenters. The van der Waals surface area contributed by atoms with Crippen LogP contribution >= 0.6 is 11.8 Å². The molecule has 1 heterocycles. The van der Waals surface area contributed by atoms with Crippen LogP contribution in [0.1, 0.15) is 19.8 Å². The first-order valence-corrected chi connectivity index (χ1v) is 5.46. The fourth-order valence-corrected chi connectivity index (χ4v) is 2.58. The van der Waals surface area contributed by atoms with Gasteiger partial charge in [0.05, 0.1) is 11.3 Å². The summed E-state index contributed by atoms with van der Waals surface area (Å²) in [6.45, 7) is 2.03. The highest BCUT2D eigenvalue weighted by molar-refractivity contribution is 8.01. The van der Waals surface area contributed by atoms with Crippen molar-refractivity contribution in [1.82, 2.24) is 5.32 Å². The molecule has 0 saturated carbocycles. The molecule has 0 aromatic heterocycles. The van der Waals surface area contributed by atoms with Crippen molar-refractivity contribution in [3.63, 3.8) is 0 Å². The van der Waals surface area contributed by atoms with Gasteiger partial charge in [-0.1, -0.05) is 5.16 Å². The number of amidine groups is 1. The van der Waals surface area contributed by atoms with E-state index < -0.39 is 0 Å². The second-order valence-corrected chi connectivity index (χ2v) is 5.05. The Kier molecular flexibility index (Phi) is 3.62. The summed E-state index contributed by atoms with van der Waals surface area (Å²) in [6.07, 6.45) is 1.96. The molecule has 0 aliphatic carbocycles. The van der Waals surface area contributed by atoms with Crippen molar-refractivity contribution in [3.8, 4) is 0 Å². The first-order valence-electron chi connectivity index (χ1n) is 4.47. The molecule has 0 spiro atoms. The van der Waals surface area contributed by atoms with Gasteiger partial charge in [0, 0.05) is 0 Å². The number of amides is 1. The van der Waals surface area contributed by atoms with Crippen molar-refractivity contribution < 1.29 is 10.0 Å². The Morgan fingerprint density at radius 1 is 1.79 bits per heavy atom. The van der Waals surface area contributed by atoms with Gasteiger partial charge in [0.25, 0.3) is 0 Å². The summed E-state index contributed by atoms with van der Waals surface area (Å²) in [7, 11) is 0. The Hall–Kier alpha value is -0.910. The SMILES string of the molecule is CC1(C(=O)NCC(N)=NO)CCCS1. The molecule has 14 heavy (non-hydrogen) atoms. The fourth-order valence-electron chi connectivity index (χ4n) is 1.35. The summed E-state index contributed by atoms with van der Waals surface area (Å²) in [4.78, 5) is 11.7. The maximum atomic E-state index is 11.7. The Labute approximate surface area is 87.1 Å². The van der Waals surface area contributed by atoms with Gasteiger partial charge in [0.1, 0.15) is 0 Å². The number of thioether (sulfide) groups is 1. The molecule has 0 aromatic carbocycles. The molecule has 1 aliphatic rings. The molecule has 1 unspecified atom stereocenters. The van der Waals surface area contributed by atoms with Crippen molar-refractivity contribution in [2.24, 2.45) is 10.9 Å². The van der Waals surface area contributed by atoms with E-state index in [9.17, 15) is 4.79 Å². The van der Waals surface area contributed by atoms with Crippen LogP contribution in [0.4, 0.5) is 0 Å². The minimum absolute atomic E-state index is 0.0185. The van der Waals surface area contributed by atoms with Crippen LogP contribution in [0.25, 0.3) is 0 Å². The number of oxime groups is 1. The molecule has 1 aliphatic heterocycles. The van der Waals surface area contributed by atoms with Crippen LogP contribution in [0, 0.1) is 0 Å². The van der Waals surface area contributed by atoms with E-state index in [2.05, 4.69) is 10.5 Å². The fraction of sp³-hybridized carbons (Fsp3) is 0.750. The van der Waals surface area contributed by atoms with Gasteiger partial charge in [-0.25, -0.2) is 0 Å². The van der Waals surface area contributed by atoms with E-state index in [-0.39, 0.29) is 23.0 Å². The lowest BCUT2D eigenvalue weighted by Gasteiger charge is -2.20. The highest BCUT2D eigenvalue weighted by atomic mass is 32.2. The minimum Gasteiger partial charge on any atom is -0.409 e. The van der Waals surface area contributed by atoms with Crippen molar-refractivity contribution in [3.05, 3.63) is 0 Å². The number of nitrogens with two attached hydrogens (primary N) is 1. The third kappa shape index (κ3) is 2.54. The molecule has 0 aromatic rings. The molecule has 1 amide bonds. The summed E-state index contributed by atoms with van der Waals surface area (Å²) < 4.78 is -0.338. The van der Waals surface area contributed by atoms with Crippen LogP contribution in [-0.2, 0) is 4.79 Å². The second kappa shape index (κ2) is 4.54. The molecule has 1 fully saturated rings.